The molecular formula is C20H27INO5. The van der Waals surface area contributed by atoms with E-state index in [0.29, 0.717) is 12.8 Å². The van der Waals surface area contributed by atoms with Gasteiger partial charge in [0.15, 0.2) is 5.92 Å². The SMILES string of the molecule is CC(C(=O)OCc1ccc(I)cc1)C(=O)OC1CC(C)(C)N([O])C(C)(C)C1. The van der Waals surface area contributed by atoms with E-state index in [9.17, 15) is 14.8 Å². The van der Waals surface area contributed by atoms with E-state index in [4.69, 9.17) is 9.47 Å². The number of carbonyl (C=O) groups excluding carboxylic acids is 2. The van der Waals surface area contributed by atoms with Gasteiger partial charge < -0.3 is 9.47 Å². The summed E-state index contributed by atoms with van der Waals surface area (Å²) in [6, 6.07) is 7.60. The molecule has 1 radical (unpaired) electrons. The molecule has 1 unspecified atom stereocenters. The summed E-state index contributed by atoms with van der Waals surface area (Å²) in [6.07, 6.45) is 0.450. The topological polar surface area (TPSA) is 75.7 Å². The van der Waals surface area contributed by atoms with Gasteiger partial charge in [-0.3, -0.25) is 9.59 Å². The van der Waals surface area contributed by atoms with E-state index in [-0.39, 0.29) is 6.61 Å². The van der Waals surface area contributed by atoms with Crippen LogP contribution in [0.1, 0.15) is 53.0 Å². The Balaban J connectivity index is 1.90. The lowest BCUT2D eigenvalue weighted by Crippen LogP contribution is -2.60. The molecule has 1 aliphatic rings. The maximum atomic E-state index is 12.4. The van der Waals surface area contributed by atoms with Gasteiger partial charge in [0, 0.05) is 27.5 Å². The van der Waals surface area contributed by atoms with Crippen molar-refractivity contribution in [3.05, 3.63) is 33.4 Å². The smallest absolute Gasteiger partial charge is 0.320 e. The van der Waals surface area contributed by atoms with Crippen LogP contribution in [0.3, 0.4) is 0 Å². The van der Waals surface area contributed by atoms with Crippen molar-refractivity contribution in [2.24, 2.45) is 5.92 Å². The maximum absolute atomic E-state index is 12.4. The Morgan fingerprint density at radius 2 is 1.63 bits per heavy atom. The quantitative estimate of drug-likeness (QED) is 0.357. The zero-order chi connectivity index (χ0) is 20.4. The van der Waals surface area contributed by atoms with Crippen LogP contribution in [-0.2, 0) is 30.9 Å². The van der Waals surface area contributed by atoms with E-state index in [1.165, 1.54) is 6.92 Å². The number of hydrogen-bond donors (Lipinski definition) is 0. The molecule has 6 nitrogen and oxygen atoms in total. The second kappa shape index (κ2) is 8.45. The summed E-state index contributed by atoms with van der Waals surface area (Å²) in [5.41, 5.74) is -0.418. The third-order valence-corrected chi connectivity index (χ3v) is 5.56. The lowest BCUT2D eigenvalue weighted by Gasteiger charge is -2.49. The van der Waals surface area contributed by atoms with Crippen LogP contribution in [0.4, 0.5) is 0 Å². The molecule has 2 rings (SSSR count). The molecule has 0 N–H and O–H groups in total. The molecular weight excluding hydrogens is 461 g/mol. The highest BCUT2D eigenvalue weighted by molar-refractivity contribution is 14.1. The number of ether oxygens (including phenoxy) is 2. The van der Waals surface area contributed by atoms with Crippen LogP contribution in [0.25, 0.3) is 0 Å². The van der Waals surface area contributed by atoms with Crippen molar-refractivity contribution < 1.29 is 24.3 Å². The molecule has 0 aromatic heterocycles. The summed E-state index contributed by atoms with van der Waals surface area (Å²) in [7, 11) is 0. The molecule has 1 atom stereocenters. The zero-order valence-corrected chi connectivity index (χ0v) is 18.6. The molecule has 0 amide bonds. The molecule has 1 heterocycles. The van der Waals surface area contributed by atoms with Crippen molar-refractivity contribution in [3.63, 3.8) is 0 Å². The van der Waals surface area contributed by atoms with Gasteiger partial charge in [0.2, 0.25) is 0 Å². The molecule has 0 bridgehead atoms. The fraction of sp³-hybridized carbons (Fsp3) is 0.600. The number of esters is 2. The number of carbonyl (C=O) groups is 2. The van der Waals surface area contributed by atoms with E-state index < -0.39 is 35.0 Å². The Morgan fingerprint density at radius 1 is 1.11 bits per heavy atom. The van der Waals surface area contributed by atoms with Crippen LogP contribution in [-0.4, -0.2) is 34.2 Å². The molecule has 1 saturated heterocycles. The number of rotatable bonds is 5. The highest BCUT2D eigenvalue weighted by Crippen LogP contribution is 2.38. The van der Waals surface area contributed by atoms with Gasteiger partial charge in [0.25, 0.3) is 0 Å². The van der Waals surface area contributed by atoms with Gasteiger partial charge in [-0.2, -0.15) is 0 Å². The molecule has 27 heavy (non-hydrogen) atoms. The van der Waals surface area contributed by atoms with Crippen molar-refractivity contribution >= 4 is 34.5 Å². The first-order valence-corrected chi connectivity index (χ1v) is 10.1. The lowest BCUT2D eigenvalue weighted by atomic mass is 9.80. The summed E-state index contributed by atoms with van der Waals surface area (Å²) >= 11 is 2.20. The van der Waals surface area contributed by atoms with Gasteiger partial charge in [-0.1, -0.05) is 12.1 Å². The van der Waals surface area contributed by atoms with E-state index in [2.05, 4.69) is 22.6 Å². The summed E-state index contributed by atoms with van der Waals surface area (Å²) in [5, 5.41) is 13.5. The Hall–Kier alpha value is -1.19. The van der Waals surface area contributed by atoms with Gasteiger partial charge in [-0.25, -0.2) is 0 Å². The Labute approximate surface area is 174 Å². The second-order valence-electron chi connectivity index (χ2n) is 8.34. The van der Waals surface area contributed by atoms with Gasteiger partial charge in [0.1, 0.15) is 12.7 Å². The molecule has 0 spiro atoms. The van der Waals surface area contributed by atoms with Crippen LogP contribution in [0.15, 0.2) is 24.3 Å². The molecule has 0 saturated carbocycles. The maximum Gasteiger partial charge on any atom is 0.320 e. The molecule has 149 valence electrons. The van der Waals surface area contributed by atoms with Crippen LogP contribution >= 0.6 is 22.6 Å². The predicted molar refractivity (Wildman–Crippen MR) is 108 cm³/mol. The van der Waals surface area contributed by atoms with Crippen molar-refractivity contribution in [1.82, 2.24) is 5.06 Å². The summed E-state index contributed by atoms with van der Waals surface area (Å²) in [4.78, 5) is 24.6. The minimum absolute atomic E-state index is 0.113. The first kappa shape index (κ1) is 22.1. The monoisotopic (exact) mass is 488 g/mol. The standard InChI is InChI=1S/C20H27INO5/c1-13(17(23)26-12-14-6-8-15(21)9-7-14)18(24)27-16-10-19(2,3)22(25)20(4,5)11-16/h6-9,13,16H,10-12H2,1-5H3. The van der Waals surface area contributed by atoms with Crippen molar-refractivity contribution in [2.45, 2.75) is 71.2 Å². The number of hydroxylamine groups is 2. The first-order valence-electron chi connectivity index (χ1n) is 9.01. The van der Waals surface area contributed by atoms with E-state index in [1.807, 2.05) is 52.0 Å². The first-order chi connectivity index (χ1) is 12.4. The highest BCUT2D eigenvalue weighted by Gasteiger charge is 2.47. The van der Waals surface area contributed by atoms with Crippen molar-refractivity contribution in [1.29, 1.82) is 0 Å². The Kier molecular flexibility index (Phi) is 6.91. The van der Waals surface area contributed by atoms with Gasteiger partial charge in [-0.05, 0) is 74.9 Å². The number of benzene rings is 1. The van der Waals surface area contributed by atoms with E-state index in [0.717, 1.165) is 14.2 Å². The third kappa shape index (κ3) is 5.65. The normalized spacial score (nSPS) is 20.7. The number of hydrogen-bond acceptors (Lipinski definition) is 5. The summed E-state index contributed by atoms with van der Waals surface area (Å²) in [5.74, 6) is -2.23. The average molecular weight is 488 g/mol. The minimum Gasteiger partial charge on any atom is -0.462 e. The Bertz CT molecular complexity index is 668. The fourth-order valence-corrected chi connectivity index (χ4v) is 3.84. The fourth-order valence-electron chi connectivity index (χ4n) is 3.48. The van der Waals surface area contributed by atoms with Crippen molar-refractivity contribution in [2.75, 3.05) is 0 Å². The van der Waals surface area contributed by atoms with Crippen LogP contribution < -0.4 is 0 Å². The minimum atomic E-state index is -1.01. The molecule has 1 aromatic rings. The zero-order valence-electron chi connectivity index (χ0n) is 16.5. The molecule has 7 heteroatoms. The van der Waals surface area contributed by atoms with E-state index >= 15 is 0 Å². The van der Waals surface area contributed by atoms with Crippen LogP contribution in [0.5, 0.6) is 0 Å². The lowest BCUT2D eigenvalue weighted by molar-refractivity contribution is -0.299. The highest BCUT2D eigenvalue weighted by atomic mass is 127. The number of piperidine rings is 1. The predicted octanol–water partition coefficient (Wildman–Crippen LogP) is 3.88. The number of nitrogens with zero attached hydrogens (tertiary/aromatic N) is 1. The average Bonchev–Trinajstić information content (AvgIpc) is 2.57. The molecule has 1 aromatic carbocycles. The third-order valence-electron chi connectivity index (χ3n) is 4.84. The largest absolute Gasteiger partial charge is 0.462 e. The number of halogens is 1. The van der Waals surface area contributed by atoms with Gasteiger partial charge in [-0.15, -0.1) is 10.3 Å². The van der Waals surface area contributed by atoms with Crippen molar-refractivity contribution in [3.8, 4) is 0 Å². The molecule has 1 fully saturated rings. The van der Waals surface area contributed by atoms with E-state index in [1.54, 1.807) is 0 Å². The van der Waals surface area contributed by atoms with Gasteiger partial charge >= 0.3 is 11.9 Å². The van der Waals surface area contributed by atoms with Gasteiger partial charge in [0.05, 0.1) is 0 Å². The molecule has 1 aliphatic heterocycles. The second-order valence-corrected chi connectivity index (χ2v) is 9.59. The molecule has 0 aliphatic carbocycles. The Morgan fingerprint density at radius 3 is 2.15 bits per heavy atom. The van der Waals surface area contributed by atoms with Crippen LogP contribution in [0, 0.1) is 9.49 Å². The summed E-state index contributed by atoms with van der Waals surface area (Å²) < 4.78 is 11.9. The van der Waals surface area contributed by atoms with Crippen LogP contribution in [0.2, 0.25) is 0 Å². The summed E-state index contributed by atoms with van der Waals surface area (Å²) in [6.45, 7) is 8.93.